The third-order valence-corrected chi connectivity index (χ3v) is 5.85. The number of amides is 2. The fourth-order valence-corrected chi connectivity index (χ4v) is 3.80. The standard InChI is InChI=1S/C28H40N2O4/c1-3-4-5-6-7-8-9-10-11-12-13-14-21-34-25-16-15-24(22-26(25)33-2)28(32)30-27(31)23-17-19-29-20-18-23/h15-20,22H,3-14,21H2,1-2H3,(H,30,31,32). The van der Waals surface area contributed by atoms with Gasteiger partial charge in [-0.2, -0.15) is 0 Å². The van der Waals surface area contributed by atoms with Crippen LogP contribution < -0.4 is 14.8 Å². The van der Waals surface area contributed by atoms with E-state index in [9.17, 15) is 9.59 Å². The van der Waals surface area contributed by atoms with Gasteiger partial charge in [-0.25, -0.2) is 0 Å². The first-order valence-corrected chi connectivity index (χ1v) is 12.7. The number of imide groups is 1. The Morgan fingerprint density at radius 1 is 0.735 bits per heavy atom. The lowest BCUT2D eigenvalue weighted by Crippen LogP contribution is -2.30. The van der Waals surface area contributed by atoms with Gasteiger partial charge >= 0.3 is 0 Å². The summed E-state index contributed by atoms with van der Waals surface area (Å²) in [5.74, 6) is 0.108. The smallest absolute Gasteiger partial charge is 0.258 e. The molecule has 0 aliphatic rings. The maximum absolute atomic E-state index is 12.4. The maximum atomic E-state index is 12.4. The monoisotopic (exact) mass is 468 g/mol. The molecule has 6 heteroatoms. The highest BCUT2D eigenvalue weighted by atomic mass is 16.5. The van der Waals surface area contributed by atoms with Gasteiger partial charge in [-0.1, -0.05) is 77.6 Å². The van der Waals surface area contributed by atoms with Crippen LogP contribution in [-0.4, -0.2) is 30.5 Å². The maximum Gasteiger partial charge on any atom is 0.258 e. The predicted molar refractivity (Wildman–Crippen MR) is 136 cm³/mol. The van der Waals surface area contributed by atoms with E-state index >= 15 is 0 Å². The van der Waals surface area contributed by atoms with Gasteiger partial charge in [0.15, 0.2) is 11.5 Å². The summed E-state index contributed by atoms with van der Waals surface area (Å²) in [6, 6.07) is 8.04. The molecule has 0 bridgehead atoms. The van der Waals surface area contributed by atoms with E-state index in [1.54, 1.807) is 30.3 Å². The van der Waals surface area contributed by atoms with Crippen molar-refractivity contribution < 1.29 is 19.1 Å². The summed E-state index contributed by atoms with van der Waals surface area (Å²) < 4.78 is 11.3. The average molecular weight is 469 g/mol. The van der Waals surface area contributed by atoms with Crippen LogP contribution in [0.5, 0.6) is 11.5 Å². The first-order valence-electron chi connectivity index (χ1n) is 12.7. The molecular weight excluding hydrogens is 428 g/mol. The number of hydrogen-bond donors (Lipinski definition) is 1. The minimum atomic E-state index is -0.493. The van der Waals surface area contributed by atoms with Crippen molar-refractivity contribution in [2.24, 2.45) is 0 Å². The molecular formula is C28H40N2O4. The van der Waals surface area contributed by atoms with Crippen molar-refractivity contribution in [1.29, 1.82) is 0 Å². The molecule has 1 aromatic carbocycles. The molecule has 1 heterocycles. The second-order valence-corrected chi connectivity index (χ2v) is 8.62. The molecule has 186 valence electrons. The summed E-state index contributed by atoms with van der Waals surface area (Å²) >= 11 is 0. The van der Waals surface area contributed by atoms with Crippen molar-refractivity contribution in [3.8, 4) is 11.5 Å². The number of nitrogens with one attached hydrogen (secondary N) is 1. The van der Waals surface area contributed by atoms with Crippen LogP contribution in [0.4, 0.5) is 0 Å². The first kappa shape index (κ1) is 27.4. The zero-order valence-electron chi connectivity index (χ0n) is 20.8. The molecule has 2 rings (SSSR count). The Labute approximate surface area is 204 Å². The Kier molecular flexibility index (Phi) is 13.4. The number of pyridine rings is 1. The van der Waals surface area contributed by atoms with Crippen molar-refractivity contribution in [3.05, 3.63) is 53.9 Å². The van der Waals surface area contributed by atoms with Gasteiger partial charge in [0, 0.05) is 23.5 Å². The first-order chi connectivity index (χ1) is 16.7. The number of ether oxygens (including phenoxy) is 2. The Balaban J connectivity index is 1.64. The minimum Gasteiger partial charge on any atom is -0.493 e. The van der Waals surface area contributed by atoms with E-state index < -0.39 is 11.8 Å². The second-order valence-electron chi connectivity index (χ2n) is 8.62. The molecule has 0 radical (unpaired) electrons. The average Bonchev–Trinajstić information content (AvgIpc) is 2.87. The number of rotatable bonds is 17. The summed E-state index contributed by atoms with van der Waals surface area (Å²) in [6.45, 7) is 2.87. The highest BCUT2D eigenvalue weighted by Crippen LogP contribution is 2.28. The van der Waals surface area contributed by atoms with E-state index in [0.29, 0.717) is 29.2 Å². The van der Waals surface area contributed by atoms with Crippen LogP contribution in [-0.2, 0) is 0 Å². The van der Waals surface area contributed by atoms with Gasteiger partial charge in [0.2, 0.25) is 0 Å². The van der Waals surface area contributed by atoms with Crippen molar-refractivity contribution in [3.63, 3.8) is 0 Å². The van der Waals surface area contributed by atoms with Gasteiger partial charge in [-0.05, 0) is 36.8 Å². The van der Waals surface area contributed by atoms with Crippen molar-refractivity contribution in [2.45, 2.75) is 84.0 Å². The number of nitrogens with zero attached hydrogens (tertiary/aromatic N) is 1. The summed E-state index contributed by atoms with van der Waals surface area (Å²) in [5, 5.41) is 2.38. The SMILES string of the molecule is CCCCCCCCCCCCCCOc1ccc(C(=O)NC(=O)c2ccncc2)cc1OC. The van der Waals surface area contributed by atoms with Gasteiger partial charge < -0.3 is 9.47 Å². The number of hydrogen-bond acceptors (Lipinski definition) is 5. The minimum absolute atomic E-state index is 0.331. The molecule has 6 nitrogen and oxygen atoms in total. The third kappa shape index (κ3) is 10.4. The van der Waals surface area contributed by atoms with Gasteiger partial charge in [0.25, 0.3) is 11.8 Å². The van der Waals surface area contributed by atoms with Crippen molar-refractivity contribution in [2.75, 3.05) is 13.7 Å². The molecule has 0 unspecified atom stereocenters. The molecule has 0 saturated carbocycles. The summed E-state index contributed by atoms with van der Waals surface area (Å²) in [6.07, 6.45) is 18.6. The number of benzene rings is 1. The Bertz CT molecular complexity index is 855. The van der Waals surface area contributed by atoms with Crippen molar-refractivity contribution in [1.82, 2.24) is 10.3 Å². The van der Waals surface area contributed by atoms with Gasteiger partial charge in [0.05, 0.1) is 13.7 Å². The molecule has 34 heavy (non-hydrogen) atoms. The Morgan fingerprint density at radius 3 is 1.88 bits per heavy atom. The van der Waals surface area contributed by atoms with Gasteiger partial charge in [0.1, 0.15) is 0 Å². The number of unbranched alkanes of at least 4 members (excludes halogenated alkanes) is 11. The number of methoxy groups -OCH3 is 1. The van der Waals surface area contributed by atoms with Crippen LogP contribution in [0.25, 0.3) is 0 Å². The number of aromatic nitrogens is 1. The zero-order valence-corrected chi connectivity index (χ0v) is 20.8. The molecule has 2 aromatic rings. The van der Waals surface area contributed by atoms with Crippen LogP contribution in [0.1, 0.15) is 105 Å². The van der Waals surface area contributed by atoms with Crippen LogP contribution in [0.2, 0.25) is 0 Å². The van der Waals surface area contributed by atoms with Crippen molar-refractivity contribution >= 4 is 11.8 Å². The van der Waals surface area contributed by atoms with E-state index in [2.05, 4.69) is 17.2 Å². The highest BCUT2D eigenvalue weighted by Gasteiger charge is 2.15. The van der Waals surface area contributed by atoms with Crippen LogP contribution in [0, 0.1) is 0 Å². The third-order valence-electron chi connectivity index (χ3n) is 5.85. The largest absolute Gasteiger partial charge is 0.493 e. The fraction of sp³-hybridized carbons (Fsp3) is 0.536. The van der Waals surface area contributed by atoms with Gasteiger partial charge in [-0.3, -0.25) is 19.9 Å². The summed E-state index contributed by atoms with van der Waals surface area (Å²) in [4.78, 5) is 28.5. The Morgan fingerprint density at radius 2 is 1.29 bits per heavy atom. The molecule has 0 saturated heterocycles. The normalized spacial score (nSPS) is 10.6. The summed E-state index contributed by atoms with van der Waals surface area (Å²) in [7, 11) is 1.54. The molecule has 1 aromatic heterocycles. The number of carbonyl (C=O) groups excluding carboxylic acids is 2. The lowest BCUT2D eigenvalue weighted by molar-refractivity contribution is 0.0849. The van der Waals surface area contributed by atoms with Crippen LogP contribution in [0.15, 0.2) is 42.7 Å². The second kappa shape index (κ2) is 16.7. The predicted octanol–water partition coefficient (Wildman–Crippen LogP) is 6.74. The van der Waals surface area contributed by atoms with Crippen LogP contribution >= 0.6 is 0 Å². The topological polar surface area (TPSA) is 77.5 Å². The lowest BCUT2D eigenvalue weighted by atomic mass is 10.1. The quantitative estimate of drug-likeness (QED) is 0.205. The molecule has 0 fully saturated rings. The van der Waals surface area contributed by atoms with Crippen LogP contribution in [0.3, 0.4) is 0 Å². The molecule has 0 spiro atoms. The molecule has 1 N–H and O–H groups in total. The fourth-order valence-electron chi connectivity index (χ4n) is 3.80. The number of carbonyl (C=O) groups is 2. The summed E-state index contributed by atoms with van der Waals surface area (Å²) in [5.41, 5.74) is 0.703. The van der Waals surface area contributed by atoms with E-state index in [1.807, 2.05) is 0 Å². The molecule has 2 amide bonds. The highest BCUT2D eigenvalue weighted by molar-refractivity contribution is 6.10. The lowest BCUT2D eigenvalue weighted by Gasteiger charge is -2.12. The zero-order chi connectivity index (χ0) is 24.4. The molecule has 0 aliphatic carbocycles. The Hall–Kier alpha value is -2.89. The van der Waals surface area contributed by atoms with E-state index in [0.717, 1.165) is 12.8 Å². The molecule has 0 atom stereocenters. The molecule has 0 aliphatic heterocycles. The van der Waals surface area contributed by atoms with E-state index in [-0.39, 0.29) is 0 Å². The van der Waals surface area contributed by atoms with E-state index in [1.165, 1.54) is 83.7 Å². The van der Waals surface area contributed by atoms with Gasteiger partial charge in [-0.15, -0.1) is 0 Å². The van der Waals surface area contributed by atoms with E-state index in [4.69, 9.17) is 9.47 Å².